The topological polar surface area (TPSA) is 78.0 Å². The molecule has 6 heteroatoms. The van der Waals surface area contributed by atoms with E-state index in [1.165, 1.54) is 0 Å². The molecule has 0 saturated carbocycles. The predicted octanol–water partition coefficient (Wildman–Crippen LogP) is 0.999. The maximum atomic E-state index is 11.9. The first-order valence-corrected chi connectivity index (χ1v) is 7.28. The molecule has 0 amide bonds. The van der Waals surface area contributed by atoms with E-state index >= 15 is 0 Å². The maximum absolute atomic E-state index is 11.9. The summed E-state index contributed by atoms with van der Waals surface area (Å²) in [6.07, 6.45) is 0.600. The van der Waals surface area contributed by atoms with E-state index in [2.05, 4.69) is 5.10 Å². The van der Waals surface area contributed by atoms with Crippen LogP contribution in [0.25, 0.3) is 11.3 Å². The van der Waals surface area contributed by atoms with Crippen LogP contribution in [0.15, 0.2) is 29.2 Å². The van der Waals surface area contributed by atoms with Gasteiger partial charge in [-0.2, -0.15) is 5.10 Å². The number of hydrogen-bond donors (Lipinski definition) is 1. The van der Waals surface area contributed by atoms with Crippen molar-refractivity contribution in [3.05, 3.63) is 29.8 Å². The van der Waals surface area contributed by atoms with Gasteiger partial charge in [0.25, 0.3) is 0 Å². The highest BCUT2D eigenvalue weighted by atomic mass is 32.2. The average Bonchev–Trinajstić information content (AvgIpc) is 2.81. The molecule has 1 aliphatic heterocycles. The molecule has 94 valence electrons. The highest BCUT2D eigenvalue weighted by molar-refractivity contribution is 7.91. The molecular weight excluding hydrogens is 250 g/mol. The van der Waals surface area contributed by atoms with Gasteiger partial charge >= 0.3 is 0 Å². The fourth-order valence-electron chi connectivity index (χ4n) is 2.19. The third-order valence-electron chi connectivity index (χ3n) is 3.25. The third-order valence-corrected chi connectivity index (χ3v) is 5.05. The van der Waals surface area contributed by atoms with E-state index in [-0.39, 0.29) is 5.75 Å². The molecule has 1 aromatic carbocycles. The van der Waals surface area contributed by atoms with Gasteiger partial charge in [-0.05, 0) is 18.1 Å². The van der Waals surface area contributed by atoms with Gasteiger partial charge in [0, 0.05) is 18.7 Å². The Kier molecular flexibility index (Phi) is 2.25. The zero-order chi connectivity index (χ0) is 12.9. The molecule has 0 fully saturated rings. The van der Waals surface area contributed by atoms with E-state index in [0.29, 0.717) is 22.8 Å². The maximum Gasteiger partial charge on any atom is 0.178 e. The second-order valence-corrected chi connectivity index (χ2v) is 6.55. The van der Waals surface area contributed by atoms with Crippen LogP contribution in [0.1, 0.15) is 5.56 Å². The number of aryl methyl sites for hydroxylation is 2. The van der Waals surface area contributed by atoms with Crippen molar-refractivity contribution in [1.29, 1.82) is 0 Å². The van der Waals surface area contributed by atoms with Crippen molar-refractivity contribution < 1.29 is 8.42 Å². The lowest BCUT2D eigenvalue weighted by molar-refractivity contribution is 0.600. The predicted molar refractivity (Wildman–Crippen MR) is 68.8 cm³/mol. The minimum Gasteiger partial charge on any atom is -0.384 e. The summed E-state index contributed by atoms with van der Waals surface area (Å²) >= 11 is 0. The van der Waals surface area contributed by atoms with Crippen molar-refractivity contribution >= 4 is 15.7 Å². The lowest BCUT2D eigenvalue weighted by Gasteiger charge is -2.01. The van der Waals surface area contributed by atoms with Gasteiger partial charge in [-0.3, -0.25) is 4.68 Å². The number of anilines is 1. The van der Waals surface area contributed by atoms with Crippen molar-refractivity contribution in [1.82, 2.24) is 9.78 Å². The van der Waals surface area contributed by atoms with E-state index < -0.39 is 9.84 Å². The van der Waals surface area contributed by atoms with Gasteiger partial charge in [0.15, 0.2) is 9.84 Å². The van der Waals surface area contributed by atoms with Gasteiger partial charge in [0.05, 0.1) is 16.3 Å². The van der Waals surface area contributed by atoms with Gasteiger partial charge < -0.3 is 5.73 Å². The van der Waals surface area contributed by atoms with Crippen LogP contribution < -0.4 is 5.73 Å². The molecule has 0 unspecified atom stereocenters. The minimum atomic E-state index is -3.11. The summed E-state index contributed by atoms with van der Waals surface area (Å²) in [5.74, 6) is 0.754. The molecule has 0 bridgehead atoms. The van der Waals surface area contributed by atoms with Gasteiger partial charge in [0.1, 0.15) is 5.82 Å². The second-order valence-electron chi connectivity index (χ2n) is 4.47. The Hall–Kier alpha value is -1.82. The Bertz CT molecular complexity index is 712. The first kappa shape index (κ1) is 11.3. The lowest BCUT2D eigenvalue weighted by Crippen LogP contribution is -1.99. The average molecular weight is 263 g/mol. The second kappa shape index (κ2) is 3.58. The van der Waals surface area contributed by atoms with Gasteiger partial charge in [-0.1, -0.05) is 12.1 Å². The molecule has 2 heterocycles. The molecule has 0 aliphatic carbocycles. The molecule has 5 nitrogen and oxygen atoms in total. The SMILES string of the molecule is Cn1nc(-c2ccc3c(c2)S(=O)(=O)CC3)cc1N. The Balaban J connectivity index is 2.16. The molecule has 0 spiro atoms. The van der Waals surface area contributed by atoms with Gasteiger partial charge in [0.2, 0.25) is 0 Å². The number of nitrogen functional groups attached to an aromatic ring is 1. The summed E-state index contributed by atoms with van der Waals surface area (Å²) in [4.78, 5) is 0.434. The quantitative estimate of drug-likeness (QED) is 0.832. The summed E-state index contributed by atoms with van der Waals surface area (Å²) in [7, 11) is -1.35. The molecular formula is C12H13N3O2S. The number of aromatic nitrogens is 2. The summed E-state index contributed by atoms with van der Waals surface area (Å²) in [5, 5.41) is 4.25. The molecule has 3 rings (SSSR count). The van der Waals surface area contributed by atoms with Gasteiger partial charge in [-0.25, -0.2) is 8.42 Å². The Morgan fingerprint density at radius 2 is 2.11 bits per heavy atom. The van der Waals surface area contributed by atoms with E-state index in [1.54, 1.807) is 23.9 Å². The summed E-state index contributed by atoms with van der Waals surface area (Å²) < 4.78 is 25.3. The zero-order valence-electron chi connectivity index (χ0n) is 9.92. The summed E-state index contributed by atoms with van der Waals surface area (Å²) in [5.41, 5.74) is 8.10. The van der Waals surface area contributed by atoms with Crippen LogP contribution in [0, 0.1) is 0 Å². The number of fused-ring (bicyclic) bond motifs is 1. The largest absolute Gasteiger partial charge is 0.384 e. The Labute approximate surface area is 105 Å². The highest BCUT2D eigenvalue weighted by Gasteiger charge is 2.26. The summed E-state index contributed by atoms with van der Waals surface area (Å²) in [6, 6.07) is 7.18. The van der Waals surface area contributed by atoms with E-state index in [1.807, 2.05) is 12.1 Å². The van der Waals surface area contributed by atoms with E-state index in [4.69, 9.17) is 5.73 Å². The van der Waals surface area contributed by atoms with Crippen molar-refractivity contribution in [2.45, 2.75) is 11.3 Å². The molecule has 1 aliphatic rings. The minimum absolute atomic E-state index is 0.205. The van der Waals surface area contributed by atoms with Crippen LogP contribution >= 0.6 is 0 Å². The first-order valence-electron chi connectivity index (χ1n) is 5.63. The van der Waals surface area contributed by atoms with Crippen molar-refractivity contribution in [3.8, 4) is 11.3 Å². The van der Waals surface area contributed by atoms with Crippen LogP contribution in [0.3, 0.4) is 0 Å². The smallest absolute Gasteiger partial charge is 0.178 e. The third kappa shape index (κ3) is 1.60. The first-order chi connectivity index (χ1) is 8.47. The number of sulfone groups is 1. The van der Waals surface area contributed by atoms with E-state index in [0.717, 1.165) is 11.1 Å². The Morgan fingerprint density at radius 1 is 1.33 bits per heavy atom. The molecule has 2 aromatic rings. The van der Waals surface area contributed by atoms with Crippen LogP contribution in [-0.4, -0.2) is 24.0 Å². The number of rotatable bonds is 1. The van der Waals surface area contributed by atoms with Crippen LogP contribution in [0.5, 0.6) is 0 Å². The molecule has 18 heavy (non-hydrogen) atoms. The molecule has 1 aromatic heterocycles. The standard InChI is InChI=1S/C12H13N3O2S/c1-15-12(13)7-10(14-15)9-3-2-8-4-5-18(16,17)11(8)6-9/h2-3,6-7H,4-5,13H2,1H3. The fraction of sp³-hybridized carbons (Fsp3) is 0.250. The Morgan fingerprint density at radius 3 is 2.78 bits per heavy atom. The molecule has 0 atom stereocenters. The van der Waals surface area contributed by atoms with Crippen LogP contribution in [0.2, 0.25) is 0 Å². The van der Waals surface area contributed by atoms with Crippen LogP contribution in [0.4, 0.5) is 5.82 Å². The molecule has 0 saturated heterocycles. The number of nitrogens with zero attached hydrogens (tertiary/aromatic N) is 2. The van der Waals surface area contributed by atoms with E-state index in [9.17, 15) is 8.42 Å². The lowest BCUT2D eigenvalue weighted by atomic mass is 10.1. The highest BCUT2D eigenvalue weighted by Crippen LogP contribution is 2.30. The monoisotopic (exact) mass is 263 g/mol. The molecule has 2 N–H and O–H groups in total. The fourth-order valence-corrected chi connectivity index (χ4v) is 3.77. The zero-order valence-corrected chi connectivity index (χ0v) is 10.7. The number of nitrogens with two attached hydrogens (primary N) is 1. The normalized spacial score (nSPS) is 16.7. The van der Waals surface area contributed by atoms with Crippen molar-refractivity contribution in [3.63, 3.8) is 0 Å². The van der Waals surface area contributed by atoms with Crippen LogP contribution in [-0.2, 0) is 23.3 Å². The summed E-state index contributed by atoms with van der Waals surface area (Å²) in [6.45, 7) is 0. The molecule has 0 radical (unpaired) electrons. The van der Waals surface area contributed by atoms with Crippen molar-refractivity contribution in [2.24, 2.45) is 7.05 Å². The number of benzene rings is 1. The number of hydrogen-bond acceptors (Lipinski definition) is 4. The van der Waals surface area contributed by atoms with Gasteiger partial charge in [-0.15, -0.1) is 0 Å². The van der Waals surface area contributed by atoms with Crippen molar-refractivity contribution in [2.75, 3.05) is 11.5 Å².